The fourth-order valence-corrected chi connectivity index (χ4v) is 4.71. The van der Waals surface area contributed by atoms with Gasteiger partial charge in [-0.15, -0.1) is 11.3 Å². The number of thiophene rings is 1. The van der Waals surface area contributed by atoms with E-state index in [0.717, 1.165) is 28.4 Å². The first-order chi connectivity index (χ1) is 14.8. The highest BCUT2D eigenvalue weighted by atomic mass is 32.1. The summed E-state index contributed by atoms with van der Waals surface area (Å²) in [7, 11) is 0. The Morgan fingerprint density at radius 3 is 2.60 bits per heavy atom. The zero-order valence-corrected chi connectivity index (χ0v) is 17.5. The van der Waals surface area contributed by atoms with Crippen molar-refractivity contribution in [1.29, 1.82) is 0 Å². The van der Waals surface area contributed by atoms with E-state index in [1.54, 1.807) is 0 Å². The van der Waals surface area contributed by atoms with Crippen LogP contribution in [0.4, 0.5) is 11.5 Å². The third-order valence-electron chi connectivity index (χ3n) is 5.64. The molecular formula is C24H24N4OS. The van der Waals surface area contributed by atoms with E-state index < -0.39 is 0 Å². The van der Waals surface area contributed by atoms with Gasteiger partial charge in [-0.1, -0.05) is 43.5 Å². The van der Waals surface area contributed by atoms with Gasteiger partial charge in [0.15, 0.2) is 0 Å². The van der Waals surface area contributed by atoms with Gasteiger partial charge in [-0.05, 0) is 48.6 Å². The average Bonchev–Trinajstić information content (AvgIpc) is 3.44. The molecule has 152 valence electrons. The van der Waals surface area contributed by atoms with Gasteiger partial charge >= 0.3 is 0 Å². The summed E-state index contributed by atoms with van der Waals surface area (Å²) in [5, 5.41) is 8.63. The highest BCUT2D eigenvalue weighted by Gasteiger charge is 2.19. The molecule has 0 saturated heterocycles. The molecule has 1 aliphatic rings. The van der Waals surface area contributed by atoms with Crippen LogP contribution in [0.15, 0.2) is 66.2 Å². The first-order valence-corrected chi connectivity index (χ1v) is 11.3. The number of nitrogens with zero attached hydrogens (tertiary/aromatic N) is 2. The molecule has 3 aromatic heterocycles. The van der Waals surface area contributed by atoms with Crippen molar-refractivity contribution in [1.82, 2.24) is 9.38 Å². The molecule has 0 unspecified atom stereocenters. The first-order valence-electron chi connectivity index (χ1n) is 10.5. The lowest BCUT2D eigenvalue weighted by Gasteiger charge is -2.24. The zero-order valence-electron chi connectivity index (χ0n) is 16.7. The summed E-state index contributed by atoms with van der Waals surface area (Å²) in [6.07, 6.45) is 8.36. The summed E-state index contributed by atoms with van der Waals surface area (Å²) in [6.45, 7) is 0. The van der Waals surface area contributed by atoms with Crippen LogP contribution in [0.25, 0.3) is 16.9 Å². The van der Waals surface area contributed by atoms with E-state index in [-0.39, 0.29) is 5.91 Å². The van der Waals surface area contributed by atoms with E-state index >= 15 is 0 Å². The second-order valence-electron chi connectivity index (χ2n) is 7.73. The number of hydrogen-bond donors (Lipinski definition) is 2. The molecule has 6 heteroatoms. The number of carbonyl (C=O) groups is 1. The number of nitrogens with one attached hydrogen (secondary N) is 2. The minimum atomic E-state index is -0.0786. The Morgan fingerprint density at radius 1 is 1.00 bits per heavy atom. The topological polar surface area (TPSA) is 58.4 Å². The number of pyridine rings is 1. The Balaban J connectivity index is 1.43. The maximum atomic E-state index is 12.3. The van der Waals surface area contributed by atoms with Gasteiger partial charge < -0.3 is 10.6 Å². The molecule has 5 nitrogen and oxygen atoms in total. The Labute approximate surface area is 179 Å². The third-order valence-corrected chi connectivity index (χ3v) is 6.51. The largest absolute Gasteiger partial charge is 0.367 e. The fraction of sp³-hybridized carbons (Fsp3) is 0.250. The Morgan fingerprint density at radius 2 is 1.83 bits per heavy atom. The molecule has 0 atom stereocenters. The number of aromatic nitrogens is 2. The Kier molecular flexibility index (Phi) is 5.24. The van der Waals surface area contributed by atoms with Crippen molar-refractivity contribution in [2.75, 3.05) is 10.6 Å². The van der Waals surface area contributed by atoms with Crippen molar-refractivity contribution in [2.45, 2.75) is 38.1 Å². The number of imidazole rings is 1. The van der Waals surface area contributed by atoms with E-state index in [9.17, 15) is 4.79 Å². The van der Waals surface area contributed by atoms with Gasteiger partial charge in [0, 0.05) is 23.5 Å². The van der Waals surface area contributed by atoms with E-state index in [0.29, 0.717) is 10.9 Å². The lowest BCUT2D eigenvalue weighted by atomic mass is 9.95. The van der Waals surface area contributed by atoms with Gasteiger partial charge in [0.05, 0.1) is 4.88 Å². The van der Waals surface area contributed by atoms with Crippen molar-refractivity contribution in [3.63, 3.8) is 0 Å². The molecule has 1 aromatic carbocycles. The highest BCUT2D eigenvalue weighted by Crippen LogP contribution is 2.32. The molecule has 0 bridgehead atoms. The summed E-state index contributed by atoms with van der Waals surface area (Å²) in [4.78, 5) is 17.9. The summed E-state index contributed by atoms with van der Waals surface area (Å²) in [5.41, 5.74) is 3.69. The van der Waals surface area contributed by atoms with E-state index in [4.69, 9.17) is 4.98 Å². The normalized spacial score (nSPS) is 14.7. The van der Waals surface area contributed by atoms with E-state index in [2.05, 4.69) is 21.2 Å². The number of amides is 1. The molecule has 0 spiro atoms. The lowest BCUT2D eigenvalue weighted by molar-refractivity contribution is 0.103. The minimum Gasteiger partial charge on any atom is -0.367 e. The number of hydrogen-bond acceptors (Lipinski definition) is 4. The maximum Gasteiger partial charge on any atom is 0.265 e. The van der Waals surface area contributed by atoms with Crippen LogP contribution in [0.1, 0.15) is 41.8 Å². The number of anilines is 2. The second kappa shape index (κ2) is 8.32. The zero-order chi connectivity index (χ0) is 20.3. The van der Waals surface area contributed by atoms with E-state index in [1.807, 2.05) is 60.0 Å². The molecule has 3 heterocycles. The summed E-state index contributed by atoms with van der Waals surface area (Å²) in [5.74, 6) is 0.970. The molecular weight excluding hydrogens is 392 g/mol. The van der Waals surface area contributed by atoms with Crippen molar-refractivity contribution < 1.29 is 4.79 Å². The van der Waals surface area contributed by atoms with Gasteiger partial charge in [-0.2, -0.15) is 0 Å². The van der Waals surface area contributed by atoms with Crippen LogP contribution in [0, 0.1) is 0 Å². The first kappa shape index (κ1) is 18.9. The van der Waals surface area contributed by atoms with Gasteiger partial charge in [-0.25, -0.2) is 4.98 Å². The molecule has 1 amide bonds. The predicted molar refractivity (Wildman–Crippen MR) is 123 cm³/mol. The minimum absolute atomic E-state index is 0.0786. The molecule has 0 aliphatic heterocycles. The average molecular weight is 417 g/mol. The fourth-order valence-electron chi connectivity index (χ4n) is 4.09. The number of benzene rings is 1. The molecule has 1 saturated carbocycles. The van der Waals surface area contributed by atoms with Crippen LogP contribution >= 0.6 is 11.3 Å². The SMILES string of the molecule is O=C(Nc1ccc(-c2nc3ccccn3c2NC2CCCCC2)cc1)c1cccs1. The number of fused-ring (bicyclic) bond motifs is 1. The van der Waals surface area contributed by atoms with Gasteiger partial charge in [0.1, 0.15) is 17.2 Å². The highest BCUT2D eigenvalue weighted by molar-refractivity contribution is 7.12. The van der Waals surface area contributed by atoms with Crippen molar-refractivity contribution in [2.24, 2.45) is 0 Å². The Bertz CT molecular complexity index is 1140. The molecule has 0 radical (unpaired) electrons. The monoisotopic (exact) mass is 416 g/mol. The van der Waals surface area contributed by atoms with Crippen LogP contribution in [0.5, 0.6) is 0 Å². The number of carbonyl (C=O) groups excluding carboxylic acids is 1. The van der Waals surface area contributed by atoms with Crippen molar-refractivity contribution >= 4 is 34.4 Å². The maximum absolute atomic E-state index is 12.3. The molecule has 2 N–H and O–H groups in total. The summed E-state index contributed by atoms with van der Waals surface area (Å²) in [6, 6.07) is 18.2. The molecule has 4 aromatic rings. The predicted octanol–water partition coefficient (Wildman–Crippen LogP) is 6.06. The van der Waals surface area contributed by atoms with Gasteiger partial charge in [0.2, 0.25) is 0 Å². The van der Waals surface area contributed by atoms with Crippen LogP contribution in [-0.4, -0.2) is 21.3 Å². The summed E-state index contributed by atoms with van der Waals surface area (Å²) < 4.78 is 2.14. The van der Waals surface area contributed by atoms with Gasteiger partial charge in [-0.3, -0.25) is 9.20 Å². The van der Waals surface area contributed by atoms with Crippen molar-refractivity contribution in [3.05, 3.63) is 71.1 Å². The van der Waals surface area contributed by atoms with Gasteiger partial charge in [0.25, 0.3) is 5.91 Å². The van der Waals surface area contributed by atoms with Crippen LogP contribution in [0.3, 0.4) is 0 Å². The van der Waals surface area contributed by atoms with Crippen LogP contribution in [-0.2, 0) is 0 Å². The van der Waals surface area contributed by atoms with E-state index in [1.165, 1.54) is 43.4 Å². The summed E-state index contributed by atoms with van der Waals surface area (Å²) >= 11 is 1.44. The molecule has 5 rings (SSSR count). The molecule has 1 fully saturated rings. The quantitative estimate of drug-likeness (QED) is 0.416. The van der Waals surface area contributed by atoms with Crippen LogP contribution in [0.2, 0.25) is 0 Å². The third kappa shape index (κ3) is 3.83. The second-order valence-corrected chi connectivity index (χ2v) is 8.67. The smallest absolute Gasteiger partial charge is 0.265 e. The Hall–Kier alpha value is -3.12. The van der Waals surface area contributed by atoms with Crippen molar-refractivity contribution in [3.8, 4) is 11.3 Å². The van der Waals surface area contributed by atoms with Crippen LogP contribution < -0.4 is 10.6 Å². The standard InChI is InChI=1S/C24H24N4OS/c29-24(20-9-6-16-30-20)26-19-13-11-17(12-14-19)22-23(25-18-7-2-1-3-8-18)28-15-5-4-10-21(28)27-22/h4-6,9-16,18,25H,1-3,7-8H2,(H,26,29). The molecule has 1 aliphatic carbocycles. The molecule has 30 heavy (non-hydrogen) atoms. The number of rotatable bonds is 5. The lowest BCUT2D eigenvalue weighted by Crippen LogP contribution is -2.23.